The van der Waals surface area contributed by atoms with Crippen LogP contribution in [0, 0.1) is 3.57 Å². The summed E-state index contributed by atoms with van der Waals surface area (Å²) in [5.74, 6) is -0.658. The van der Waals surface area contributed by atoms with Crippen LogP contribution in [0.1, 0.15) is 28.8 Å². The maximum Gasteiger partial charge on any atom is 0.416 e. The van der Waals surface area contributed by atoms with Crippen molar-refractivity contribution >= 4 is 34.4 Å². The zero-order valence-corrected chi connectivity index (χ0v) is 12.9. The molecule has 0 aliphatic carbocycles. The summed E-state index contributed by atoms with van der Waals surface area (Å²) in [5.41, 5.74) is -0.886. The summed E-state index contributed by atoms with van der Waals surface area (Å²) in [6.45, 7) is 0.292. The second kappa shape index (κ2) is 6.20. The Morgan fingerprint density at radius 1 is 1.33 bits per heavy atom. The van der Waals surface area contributed by atoms with Gasteiger partial charge in [0.25, 0.3) is 5.91 Å². The molecule has 0 spiro atoms. The van der Waals surface area contributed by atoms with E-state index in [0.29, 0.717) is 23.0 Å². The monoisotopic (exact) mass is 412 g/mol. The molecule has 1 aliphatic heterocycles. The predicted molar refractivity (Wildman–Crippen MR) is 77.7 cm³/mol. The van der Waals surface area contributed by atoms with E-state index in [2.05, 4.69) is 10.6 Å². The van der Waals surface area contributed by atoms with E-state index in [4.69, 9.17) is 0 Å². The molecule has 0 aromatic heterocycles. The van der Waals surface area contributed by atoms with Crippen molar-refractivity contribution in [3.63, 3.8) is 0 Å². The van der Waals surface area contributed by atoms with Crippen molar-refractivity contribution in [2.75, 3.05) is 6.54 Å². The first-order chi connectivity index (χ1) is 9.75. The quantitative estimate of drug-likeness (QED) is 0.733. The maximum atomic E-state index is 12.7. The first-order valence-electron chi connectivity index (χ1n) is 6.21. The summed E-state index contributed by atoms with van der Waals surface area (Å²) >= 11 is 1.74. The number of hydrogen-bond donors (Lipinski definition) is 2. The summed E-state index contributed by atoms with van der Waals surface area (Å²) in [6, 6.07) is 2.95. The molecule has 21 heavy (non-hydrogen) atoms. The van der Waals surface area contributed by atoms with Crippen molar-refractivity contribution < 1.29 is 22.8 Å². The zero-order chi connectivity index (χ0) is 15.6. The van der Waals surface area contributed by atoms with E-state index in [9.17, 15) is 22.8 Å². The lowest BCUT2D eigenvalue weighted by Crippen LogP contribution is -2.47. The summed E-state index contributed by atoms with van der Waals surface area (Å²) in [4.78, 5) is 23.0. The van der Waals surface area contributed by atoms with E-state index >= 15 is 0 Å². The van der Waals surface area contributed by atoms with Crippen LogP contribution < -0.4 is 10.6 Å². The Labute approximate surface area is 132 Å². The van der Waals surface area contributed by atoms with Gasteiger partial charge in [-0.05, 0) is 47.2 Å². The van der Waals surface area contributed by atoms with Gasteiger partial charge in [-0.25, -0.2) is 0 Å². The van der Waals surface area contributed by atoms with Gasteiger partial charge < -0.3 is 10.6 Å². The van der Waals surface area contributed by atoms with Crippen molar-refractivity contribution in [2.24, 2.45) is 0 Å². The summed E-state index contributed by atoms with van der Waals surface area (Å²) in [6.07, 6.45) is -3.71. The molecular weight excluding hydrogens is 400 g/mol. The van der Waals surface area contributed by atoms with Crippen LogP contribution >= 0.6 is 22.6 Å². The van der Waals surface area contributed by atoms with Gasteiger partial charge in [-0.15, -0.1) is 0 Å². The number of piperidine rings is 1. The molecule has 1 unspecified atom stereocenters. The number of carbonyl (C=O) groups is 2. The zero-order valence-electron chi connectivity index (χ0n) is 10.8. The van der Waals surface area contributed by atoms with Gasteiger partial charge in [0.05, 0.1) is 5.56 Å². The molecule has 0 bridgehead atoms. The van der Waals surface area contributed by atoms with Crippen molar-refractivity contribution in [3.8, 4) is 0 Å². The Kier molecular flexibility index (Phi) is 4.74. The lowest BCUT2D eigenvalue weighted by atomic mass is 10.1. The molecule has 0 saturated carbocycles. The molecule has 1 heterocycles. The Morgan fingerprint density at radius 3 is 2.62 bits per heavy atom. The van der Waals surface area contributed by atoms with Crippen LogP contribution in [0.3, 0.4) is 0 Å². The number of rotatable bonds is 2. The van der Waals surface area contributed by atoms with Crippen molar-refractivity contribution in [1.29, 1.82) is 0 Å². The summed E-state index contributed by atoms with van der Waals surface area (Å²) in [5, 5.41) is 5.24. The van der Waals surface area contributed by atoms with Crippen LogP contribution in [-0.4, -0.2) is 24.4 Å². The number of carbonyl (C=O) groups excluding carboxylic acids is 2. The lowest BCUT2D eigenvalue weighted by molar-refractivity contribution is -0.137. The van der Waals surface area contributed by atoms with Gasteiger partial charge in [0, 0.05) is 28.1 Å². The highest BCUT2D eigenvalue weighted by Gasteiger charge is 2.32. The van der Waals surface area contributed by atoms with Gasteiger partial charge in [0.1, 0.15) is 0 Å². The van der Waals surface area contributed by atoms with E-state index in [1.54, 1.807) is 22.6 Å². The van der Waals surface area contributed by atoms with Crippen LogP contribution in [0.4, 0.5) is 13.2 Å². The number of alkyl halides is 3. The highest BCUT2D eigenvalue weighted by Crippen LogP contribution is 2.31. The van der Waals surface area contributed by atoms with E-state index in [-0.39, 0.29) is 17.5 Å². The predicted octanol–water partition coefficient (Wildman–Crippen LogP) is 2.32. The minimum Gasteiger partial charge on any atom is -0.354 e. The topological polar surface area (TPSA) is 58.2 Å². The second-order valence-corrected chi connectivity index (χ2v) is 5.99. The lowest BCUT2D eigenvalue weighted by Gasteiger charge is -2.23. The highest BCUT2D eigenvalue weighted by atomic mass is 127. The average Bonchev–Trinajstić information content (AvgIpc) is 2.39. The summed E-state index contributed by atoms with van der Waals surface area (Å²) in [7, 11) is 0. The average molecular weight is 412 g/mol. The number of benzene rings is 1. The highest BCUT2D eigenvalue weighted by molar-refractivity contribution is 14.1. The summed E-state index contributed by atoms with van der Waals surface area (Å²) < 4.78 is 38.5. The largest absolute Gasteiger partial charge is 0.416 e. The molecule has 1 aliphatic rings. The third kappa shape index (κ3) is 4.32. The number of hydrogen-bond acceptors (Lipinski definition) is 2. The fourth-order valence-electron chi connectivity index (χ4n) is 2.01. The normalized spacial score (nSPS) is 19.0. The van der Waals surface area contributed by atoms with E-state index < -0.39 is 17.6 Å². The van der Waals surface area contributed by atoms with Crippen molar-refractivity contribution in [3.05, 3.63) is 32.9 Å². The van der Waals surface area contributed by atoms with Crippen LogP contribution in [0.15, 0.2) is 18.2 Å². The molecule has 2 N–H and O–H groups in total. The molecular formula is C13H12F3IN2O2. The molecule has 2 rings (SSSR count). The molecule has 1 atom stereocenters. The second-order valence-electron chi connectivity index (χ2n) is 4.74. The molecule has 4 nitrogen and oxygen atoms in total. The molecule has 0 radical (unpaired) electrons. The molecule has 1 aromatic carbocycles. The molecule has 8 heteroatoms. The minimum atomic E-state index is -4.49. The molecule has 1 fully saturated rings. The van der Waals surface area contributed by atoms with Gasteiger partial charge in [-0.2, -0.15) is 13.2 Å². The van der Waals surface area contributed by atoms with Crippen molar-refractivity contribution in [1.82, 2.24) is 10.6 Å². The molecule has 114 valence electrons. The van der Waals surface area contributed by atoms with Gasteiger partial charge >= 0.3 is 6.18 Å². The van der Waals surface area contributed by atoms with Gasteiger partial charge in [-0.1, -0.05) is 0 Å². The van der Waals surface area contributed by atoms with E-state index in [0.717, 1.165) is 12.1 Å². The Balaban J connectivity index is 2.12. The standard InChI is InChI=1S/C13H12F3IN2O2/c14-13(15,16)8-3-7(4-9(17)5-8)12(21)19-10-1-2-11(20)18-6-10/h3-5,10H,1-2,6H2,(H,18,20)(H,19,21). The first kappa shape index (κ1) is 16.1. The van der Waals surface area contributed by atoms with Crippen molar-refractivity contribution in [2.45, 2.75) is 25.1 Å². The van der Waals surface area contributed by atoms with Crippen LogP contribution in [-0.2, 0) is 11.0 Å². The fraction of sp³-hybridized carbons (Fsp3) is 0.385. The Bertz CT molecular complexity index is 565. The Morgan fingerprint density at radius 2 is 2.05 bits per heavy atom. The molecule has 1 aromatic rings. The maximum absolute atomic E-state index is 12.7. The van der Waals surface area contributed by atoms with Crippen LogP contribution in [0.5, 0.6) is 0 Å². The number of halogens is 4. The smallest absolute Gasteiger partial charge is 0.354 e. The number of amides is 2. The van der Waals surface area contributed by atoms with E-state index in [1.807, 2.05) is 0 Å². The number of nitrogens with one attached hydrogen (secondary N) is 2. The van der Waals surface area contributed by atoms with Crippen LogP contribution in [0.2, 0.25) is 0 Å². The third-order valence-electron chi connectivity index (χ3n) is 3.09. The Hall–Kier alpha value is -1.32. The fourth-order valence-corrected chi connectivity index (χ4v) is 2.68. The van der Waals surface area contributed by atoms with Gasteiger partial charge in [0.2, 0.25) is 5.91 Å². The SMILES string of the molecule is O=C1CCC(NC(=O)c2cc(I)cc(C(F)(F)F)c2)CN1. The molecule has 2 amide bonds. The van der Waals surface area contributed by atoms with Gasteiger partial charge in [-0.3, -0.25) is 9.59 Å². The molecule has 1 saturated heterocycles. The minimum absolute atomic E-state index is 0.0360. The van der Waals surface area contributed by atoms with E-state index in [1.165, 1.54) is 6.07 Å². The van der Waals surface area contributed by atoms with Gasteiger partial charge in [0.15, 0.2) is 0 Å². The first-order valence-corrected chi connectivity index (χ1v) is 7.29. The van der Waals surface area contributed by atoms with Crippen LogP contribution in [0.25, 0.3) is 0 Å². The third-order valence-corrected chi connectivity index (χ3v) is 3.71.